The first-order valence-electron chi connectivity index (χ1n) is 8.39. The SMILES string of the molecule is CCCCN(C)C(=O)Cn1c(=O)c(C(F)(F)F)nc2cc(C)c(C)cc21. The van der Waals surface area contributed by atoms with Crippen molar-refractivity contribution in [2.24, 2.45) is 0 Å². The highest BCUT2D eigenvalue weighted by Gasteiger charge is 2.37. The van der Waals surface area contributed by atoms with Gasteiger partial charge in [-0.2, -0.15) is 13.2 Å². The second-order valence-corrected chi connectivity index (χ2v) is 6.44. The van der Waals surface area contributed by atoms with E-state index in [-0.39, 0.29) is 11.0 Å². The van der Waals surface area contributed by atoms with Crippen LogP contribution < -0.4 is 5.56 Å². The van der Waals surface area contributed by atoms with Crippen LogP contribution in [0.1, 0.15) is 36.6 Å². The fourth-order valence-corrected chi connectivity index (χ4v) is 2.61. The van der Waals surface area contributed by atoms with Crippen LogP contribution in [-0.4, -0.2) is 34.0 Å². The molecule has 8 heteroatoms. The van der Waals surface area contributed by atoms with E-state index in [1.807, 2.05) is 6.92 Å². The number of amides is 1. The van der Waals surface area contributed by atoms with Crippen molar-refractivity contribution in [2.75, 3.05) is 13.6 Å². The van der Waals surface area contributed by atoms with Crippen LogP contribution in [-0.2, 0) is 17.5 Å². The lowest BCUT2D eigenvalue weighted by Crippen LogP contribution is -2.37. The van der Waals surface area contributed by atoms with Gasteiger partial charge in [0.05, 0.1) is 11.0 Å². The number of rotatable bonds is 5. The van der Waals surface area contributed by atoms with Crippen molar-refractivity contribution in [1.29, 1.82) is 0 Å². The number of aryl methyl sites for hydroxylation is 2. The third-order valence-corrected chi connectivity index (χ3v) is 4.40. The maximum absolute atomic E-state index is 13.2. The van der Waals surface area contributed by atoms with E-state index in [0.717, 1.165) is 28.5 Å². The summed E-state index contributed by atoms with van der Waals surface area (Å²) in [6.45, 7) is 5.54. The van der Waals surface area contributed by atoms with Gasteiger partial charge in [-0.05, 0) is 43.5 Å². The molecule has 0 bridgehead atoms. The molecule has 142 valence electrons. The van der Waals surface area contributed by atoms with Crippen molar-refractivity contribution in [3.8, 4) is 0 Å². The van der Waals surface area contributed by atoms with Crippen LogP contribution in [0.5, 0.6) is 0 Å². The van der Waals surface area contributed by atoms with Gasteiger partial charge in [-0.15, -0.1) is 0 Å². The second-order valence-electron chi connectivity index (χ2n) is 6.44. The third-order valence-electron chi connectivity index (χ3n) is 4.40. The number of fused-ring (bicyclic) bond motifs is 1. The molecule has 1 aromatic carbocycles. The van der Waals surface area contributed by atoms with Crippen LogP contribution in [0.25, 0.3) is 11.0 Å². The van der Waals surface area contributed by atoms with Crippen molar-refractivity contribution < 1.29 is 18.0 Å². The van der Waals surface area contributed by atoms with Gasteiger partial charge in [0, 0.05) is 13.6 Å². The molecule has 0 spiro atoms. The molecule has 0 radical (unpaired) electrons. The van der Waals surface area contributed by atoms with Crippen molar-refractivity contribution >= 4 is 16.9 Å². The average Bonchev–Trinajstić information content (AvgIpc) is 2.55. The minimum absolute atomic E-state index is 0.0454. The Morgan fingerprint density at radius 2 is 1.85 bits per heavy atom. The molecule has 0 fully saturated rings. The van der Waals surface area contributed by atoms with Crippen LogP contribution in [0.3, 0.4) is 0 Å². The van der Waals surface area contributed by atoms with E-state index in [0.29, 0.717) is 6.54 Å². The first-order valence-corrected chi connectivity index (χ1v) is 8.39. The quantitative estimate of drug-likeness (QED) is 0.813. The van der Waals surface area contributed by atoms with Gasteiger partial charge in [0.1, 0.15) is 6.54 Å². The van der Waals surface area contributed by atoms with Gasteiger partial charge >= 0.3 is 6.18 Å². The zero-order valence-electron chi connectivity index (χ0n) is 15.3. The largest absolute Gasteiger partial charge is 0.438 e. The topological polar surface area (TPSA) is 55.2 Å². The zero-order valence-corrected chi connectivity index (χ0v) is 15.3. The highest BCUT2D eigenvalue weighted by atomic mass is 19.4. The first-order chi connectivity index (χ1) is 12.1. The highest BCUT2D eigenvalue weighted by Crippen LogP contribution is 2.27. The van der Waals surface area contributed by atoms with E-state index in [4.69, 9.17) is 0 Å². The Kier molecular flexibility index (Phi) is 5.73. The Labute approximate surface area is 149 Å². The van der Waals surface area contributed by atoms with E-state index >= 15 is 0 Å². The van der Waals surface area contributed by atoms with E-state index < -0.39 is 29.9 Å². The molecule has 2 rings (SSSR count). The molecule has 1 amide bonds. The molecule has 5 nitrogen and oxygen atoms in total. The Morgan fingerprint density at radius 1 is 1.23 bits per heavy atom. The van der Waals surface area contributed by atoms with Crippen LogP contribution in [0.2, 0.25) is 0 Å². The smallest absolute Gasteiger partial charge is 0.344 e. The summed E-state index contributed by atoms with van der Waals surface area (Å²) in [4.78, 5) is 29.8. The Morgan fingerprint density at radius 3 is 2.42 bits per heavy atom. The maximum Gasteiger partial charge on any atom is 0.438 e. The molecule has 0 atom stereocenters. The van der Waals surface area contributed by atoms with Gasteiger partial charge < -0.3 is 4.90 Å². The van der Waals surface area contributed by atoms with E-state index in [1.165, 1.54) is 11.0 Å². The molecular weight excluding hydrogens is 347 g/mol. The minimum atomic E-state index is -4.89. The number of carbonyl (C=O) groups is 1. The number of aromatic nitrogens is 2. The number of hydrogen-bond donors (Lipinski definition) is 0. The minimum Gasteiger partial charge on any atom is -0.344 e. The second kappa shape index (κ2) is 7.47. The third kappa shape index (κ3) is 4.05. The van der Waals surface area contributed by atoms with Gasteiger partial charge in [0.15, 0.2) is 0 Å². The van der Waals surface area contributed by atoms with Gasteiger partial charge in [0.25, 0.3) is 5.56 Å². The van der Waals surface area contributed by atoms with Gasteiger partial charge in [-0.25, -0.2) is 4.98 Å². The molecule has 0 aliphatic rings. The molecule has 0 aliphatic carbocycles. The Bertz CT molecular complexity index is 888. The summed E-state index contributed by atoms with van der Waals surface area (Å²) >= 11 is 0. The predicted octanol–water partition coefficient (Wildman–Crippen LogP) is 3.29. The number of halogens is 3. The van der Waals surface area contributed by atoms with Crippen molar-refractivity contribution in [3.05, 3.63) is 39.3 Å². The number of unbranched alkanes of at least 4 members (excludes halogenated alkanes) is 1. The van der Waals surface area contributed by atoms with Crippen LogP contribution in [0.4, 0.5) is 13.2 Å². The predicted molar refractivity (Wildman–Crippen MR) is 93.0 cm³/mol. The normalized spacial score (nSPS) is 11.8. The molecule has 0 aliphatic heterocycles. The number of carbonyl (C=O) groups excluding carboxylic acids is 1. The fourth-order valence-electron chi connectivity index (χ4n) is 2.61. The Balaban J connectivity index is 2.62. The summed E-state index contributed by atoms with van der Waals surface area (Å²) < 4.78 is 40.6. The number of likely N-dealkylation sites (N-methyl/N-ethyl adjacent to an activating group) is 1. The first kappa shape index (κ1) is 19.9. The molecule has 1 aromatic heterocycles. The average molecular weight is 369 g/mol. The van der Waals surface area contributed by atoms with Crippen LogP contribution in [0.15, 0.2) is 16.9 Å². The van der Waals surface area contributed by atoms with Crippen molar-refractivity contribution in [1.82, 2.24) is 14.5 Å². The molecular formula is C18H22F3N3O2. The van der Waals surface area contributed by atoms with Gasteiger partial charge in [-0.3, -0.25) is 14.2 Å². The highest BCUT2D eigenvalue weighted by molar-refractivity contribution is 5.81. The van der Waals surface area contributed by atoms with E-state index in [2.05, 4.69) is 4.98 Å². The fraction of sp³-hybridized carbons (Fsp3) is 0.500. The molecule has 0 saturated carbocycles. The summed E-state index contributed by atoms with van der Waals surface area (Å²) in [5.41, 5.74) is -0.969. The lowest BCUT2D eigenvalue weighted by molar-refractivity contribution is -0.142. The molecule has 1 heterocycles. The summed E-state index contributed by atoms with van der Waals surface area (Å²) in [5, 5.41) is 0. The molecule has 0 N–H and O–H groups in total. The standard InChI is InChI=1S/C18H22F3N3O2/c1-5-6-7-23(4)15(25)10-24-14-9-12(3)11(2)8-13(14)22-16(17(24)26)18(19,20)21/h8-9H,5-7,10H2,1-4H3. The number of benzene rings is 1. The van der Waals surface area contributed by atoms with Gasteiger partial charge in [-0.1, -0.05) is 13.3 Å². The van der Waals surface area contributed by atoms with Gasteiger partial charge in [0.2, 0.25) is 11.6 Å². The monoisotopic (exact) mass is 369 g/mol. The molecule has 0 unspecified atom stereocenters. The summed E-state index contributed by atoms with van der Waals surface area (Å²) in [6, 6.07) is 3.10. The van der Waals surface area contributed by atoms with Crippen LogP contribution >= 0.6 is 0 Å². The van der Waals surface area contributed by atoms with E-state index in [1.54, 1.807) is 27.0 Å². The lowest BCUT2D eigenvalue weighted by Gasteiger charge is -2.19. The Hall–Kier alpha value is -2.38. The summed E-state index contributed by atoms with van der Waals surface area (Å²) in [6.07, 6.45) is -3.23. The lowest BCUT2D eigenvalue weighted by atomic mass is 10.1. The summed E-state index contributed by atoms with van der Waals surface area (Å²) in [7, 11) is 1.58. The van der Waals surface area contributed by atoms with Crippen molar-refractivity contribution in [3.63, 3.8) is 0 Å². The summed E-state index contributed by atoms with van der Waals surface area (Å²) in [5.74, 6) is -0.417. The van der Waals surface area contributed by atoms with E-state index in [9.17, 15) is 22.8 Å². The maximum atomic E-state index is 13.2. The van der Waals surface area contributed by atoms with Crippen LogP contribution in [0, 0.1) is 13.8 Å². The van der Waals surface area contributed by atoms with Crippen molar-refractivity contribution in [2.45, 2.75) is 46.3 Å². The number of alkyl halides is 3. The molecule has 0 saturated heterocycles. The molecule has 26 heavy (non-hydrogen) atoms. The number of nitrogens with zero attached hydrogens (tertiary/aromatic N) is 3. The number of hydrogen-bond acceptors (Lipinski definition) is 3. The molecule has 2 aromatic rings. The zero-order chi connectivity index (χ0) is 19.6.